The molecular formula is C19H21F2N7O2. The first-order valence-electron chi connectivity index (χ1n) is 9.37. The number of nitrogens with one attached hydrogen (secondary N) is 2. The van der Waals surface area contributed by atoms with Crippen molar-refractivity contribution >= 4 is 17.5 Å². The number of hydrogen-bond donors (Lipinski definition) is 2. The summed E-state index contributed by atoms with van der Waals surface area (Å²) in [6, 6.07) is 1.74. The summed E-state index contributed by atoms with van der Waals surface area (Å²) >= 11 is 0. The van der Waals surface area contributed by atoms with Gasteiger partial charge in [0.25, 0.3) is 5.92 Å². The van der Waals surface area contributed by atoms with Gasteiger partial charge in [0.2, 0.25) is 5.95 Å². The number of imidazole rings is 1. The van der Waals surface area contributed by atoms with E-state index >= 15 is 0 Å². The number of pyridine rings is 1. The topological polar surface area (TPSA) is 99.0 Å². The van der Waals surface area contributed by atoms with Gasteiger partial charge >= 0.3 is 0 Å². The molecule has 0 aromatic carbocycles. The molecule has 0 saturated heterocycles. The van der Waals surface area contributed by atoms with Crippen molar-refractivity contribution < 1.29 is 18.3 Å². The third-order valence-corrected chi connectivity index (χ3v) is 4.48. The minimum Gasteiger partial charge on any atom is -0.493 e. The predicted octanol–water partition coefficient (Wildman–Crippen LogP) is 3.34. The van der Waals surface area contributed by atoms with Gasteiger partial charge in [0, 0.05) is 18.7 Å². The number of ether oxygens (including phenoxy) is 2. The van der Waals surface area contributed by atoms with Gasteiger partial charge in [-0.1, -0.05) is 0 Å². The molecule has 11 heteroatoms. The average Bonchev–Trinajstić information content (AvgIpc) is 3.18. The fourth-order valence-electron chi connectivity index (χ4n) is 2.99. The van der Waals surface area contributed by atoms with Crippen LogP contribution < -0.4 is 20.1 Å². The molecule has 0 spiro atoms. The summed E-state index contributed by atoms with van der Waals surface area (Å²) in [7, 11) is 1.54. The first-order valence-corrected chi connectivity index (χ1v) is 9.37. The number of halogens is 2. The quantitative estimate of drug-likeness (QED) is 0.667. The normalized spacial score (nSPS) is 15.6. The van der Waals surface area contributed by atoms with Crippen LogP contribution in [0.4, 0.5) is 26.2 Å². The number of nitrogens with zero attached hydrogens (tertiary/aromatic N) is 5. The Kier molecular flexibility index (Phi) is 5.34. The van der Waals surface area contributed by atoms with Crippen LogP contribution in [0.1, 0.15) is 18.5 Å². The van der Waals surface area contributed by atoms with Gasteiger partial charge in [0.05, 0.1) is 44.0 Å². The van der Waals surface area contributed by atoms with E-state index < -0.39 is 12.5 Å². The highest BCUT2D eigenvalue weighted by molar-refractivity contribution is 5.60. The maximum absolute atomic E-state index is 13.8. The summed E-state index contributed by atoms with van der Waals surface area (Å²) < 4.78 is 40.4. The number of hydrogen-bond acceptors (Lipinski definition) is 8. The maximum atomic E-state index is 13.8. The Bertz CT molecular complexity index is 1040. The summed E-state index contributed by atoms with van der Waals surface area (Å²) in [4.78, 5) is 17.1. The van der Waals surface area contributed by atoms with E-state index in [-0.39, 0.29) is 31.2 Å². The zero-order chi connectivity index (χ0) is 21.1. The standard InChI is InChI=1S/C19H21F2N7O2/c1-12-9-28(11-25-12)17-14(29-2)6-13(7-22-17)26-18-23-8-15-16(27-18)24-10-19(20,21)4-3-5-30-15/h6-9,11H,3-5,10H2,1-2H3,(H2,23,24,26,27). The van der Waals surface area contributed by atoms with Gasteiger partial charge in [0.15, 0.2) is 23.1 Å². The van der Waals surface area contributed by atoms with Crippen LogP contribution in [0.2, 0.25) is 0 Å². The van der Waals surface area contributed by atoms with Crippen LogP contribution in [-0.4, -0.2) is 50.7 Å². The van der Waals surface area contributed by atoms with Crippen LogP contribution in [0, 0.1) is 6.92 Å². The first-order chi connectivity index (χ1) is 14.4. The van der Waals surface area contributed by atoms with E-state index in [0.717, 1.165) is 5.69 Å². The molecule has 0 amide bonds. The maximum Gasteiger partial charge on any atom is 0.265 e. The van der Waals surface area contributed by atoms with E-state index in [1.54, 1.807) is 30.3 Å². The SMILES string of the molecule is COc1cc(Nc2ncc3c(n2)NCC(F)(F)CCCO3)cnc1-n1cnc(C)c1. The van der Waals surface area contributed by atoms with Crippen molar-refractivity contribution in [3.8, 4) is 17.3 Å². The lowest BCUT2D eigenvalue weighted by atomic mass is 10.2. The number of aromatic nitrogens is 5. The van der Waals surface area contributed by atoms with Crippen LogP contribution in [0.3, 0.4) is 0 Å². The third kappa shape index (κ3) is 4.39. The average molecular weight is 417 g/mol. The molecule has 0 bridgehead atoms. The van der Waals surface area contributed by atoms with Crippen molar-refractivity contribution in [2.45, 2.75) is 25.7 Å². The van der Waals surface area contributed by atoms with Gasteiger partial charge in [-0.25, -0.2) is 23.7 Å². The van der Waals surface area contributed by atoms with Gasteiger partial charge in [0.1, 0.15) is 6.33 Å². The predicted molar refractivity (Wildman–Crippen MR) is 106 cm³/mol. The molecule has 0 radical (unpaired) electrons. The Morgan fingerprint density at radius 3 is 2.90 bits per heavy atom. The van der Waals surface area contributed by atoms with Crippen molar-refractivity contribution in [2.24, 2.45) is 0 Å². The second-order valence-corrected chi connectivity index (χ2v) is 6.87. The number of methoxy groups -OCH3 is 1. The van der Waals surface area contributed by atoms with E-state index in [1.807, 2.05) is 13.1 Å². The summed E-state index contributed by atoms with van der Waals surface area (Å²) in [6.45, 7) is 1.54. The lowest BCUT2D eigenvalue weighted by molar-refractivity contribution is 0.00252. The van der Waals surface area contributed by atoms with Gasteiger partial charge in [-0.15, -0.1) is 0 Å². The highest BCUT2D eigenvalue weighted by Gasteiger charge is 2.30. The van der Waals surface area contributed by atoms with Crippen LogP contribution >= 0.6 is 0 Å². The molecule has 1 aliphatic rings. The lowest BCUT2D eigenvalue weighted by Crippen LogP contribution is -2.27. The van der Waals surface area contributed by atoms with E-state index in [1.165, 1.54) is 6.20 Å². The minimum absolute atomic E-state index is 0.177. The zero-order valence-electron chi connectivity index (χ0n) is 16.5. The first kappa shape index (κ1) is 19.8. The molecule has 2 N–H and O–H groups in total. The van der Waals surface area contributed by atoms with Crippen LogP contribution in [0.15, 0.2) is 31.0 Å². The van der Waals surface area contributed by atoms with Gasteiger partial charge < -0.3 is 20.1 Å². The third-order valence-electron chi connectivity index (χ3n) is 4.48. The number of fused-ring (bicyclic) bond motifs is 1. The van der Waals surface area contributed by atoms with Gasteiger partial charge in [-0.2, -0.15) is 4.98 Å². The van der Waals surface area contributed by atoms with Crippen molar-refractivity contribution in [1.29, 1.82) is 0 Å². The number of rotatable bonds is 4. The Labute approximate surface area is 171 Å². The van der Waals surface area contributed by atoms with Crippen LogP contribution in [-0.2, 0) is 0 Å². The molecule has 0 saturated carbocycles. The number of alkyl halides is 2. The fraction of sp³-hybridized carbons (Fsp3) is 0.368. The zero-order valence-corrected chi connectivity index (χ0v) is 16.5. The fourth-order valence-corrected chi connectivity index (χ4v) is 2.99. The molecular weight excluding hydrogens is 396 g/mol. The molecule has 1 aliphatic heterocycles. The van der Waals surface area contributed by atoms with Crippen LogP contribution in [0.5, 0.6) is 11.5 Å². The molecule has 0 fully saturated rings. The molecule has 4 rings (SSSR count). The van der Waals surface area contributed by atoms with E-state index in [9.17, 15) is 8.78 Å². The van der Waals surface area contributed by atoms with E-state index in [4.69, 9.17) is 9.47 Å². The highest BCUT2D eigenvalue weighted by Crippen LogP contribution is 2.30. The summed E-state index contributed by atoms with van der Waals surface area (Å²) in [6.07, 6.45) is 6.53. The van der Waals surface area contributed by atoms with Crippen molar-refractivity contribution in [2.75, 3.05) is 30.9 Å². The molecule has 3 aromatic heterocycles. The second-order valence-electron chi connectivity index (χ2n) is 6.87. The van der Waals surface area contributed by atoms with Crippen molar-refractivity contribution in [3.63, 3.8) is 0 Å². The Morgan fingerprint density at radius 2 is 2.13 bits per heavy atom. The molecule has 0 aliphatic carbocycles. The number of anilines is 3. The molecule has 158 valence electrons. The molecule has 0 unspecified atom stereocenters. The molecule has 30 heavy (non-hydrogen) atoms. The molecule has 4 heterocycles. The lowest BCUT2D eigenvalue weighted by Gasteiger charge is -2.16. The van der Waals surface area contributed by atoms with E-state index in [2.05, 4.69) is 30.6 Å². The molecule has 9 nitrogen and oxygen atoms in total. The summed E-state index contributed by atoms with van der Waals surface area (Å²) in [5.74, 6) is -0.984. The van der Waals surface area contributed by atoms with Crippen LogP contribution in [0.25, 0.3) is 5.82 Å². The monoisotopic (exact) mass is 417 g/mol. The summed E-state index contributed by atoms with van der Waals surface area (Å²) in [5, 5.41) is 5.67. The molecule has 0 atom stereocenters. The number of aryl methyl sites for hydroxylation is 1. The Hall–Kier alpha value is -3.50. The van der Waals surface area contributed by atoms with Crippen molar-refractivity contribution in [3.05, 3.63) is 36.7 Å². The smallest absolute Gasteiger partial charge is 0.265 e. The second kappa shape index (κ2) is 8.09. The van der Waals surface area contributed by atoms with Crippen molar-refractivity contribution in [1.82, 2.24) is 24.5 Å². The van der Waals surface area contributed by atoms with E-state index in [0.29, 0.717) is 23.0 Å². The highest BCUT2D eigenvalue weighted by atomic mass is 19.3. The summed E-state index contributed by atoms with van der Waals surface area (Å²) in [5.41, 5.74) is 1.42. The van der Waals surface area contributed by atoms with Gasteiger partial charge in [-0.05, 0) is 13.3 Å². The molecule has 3 aromatic rings. The minimum atomic E-state index is -2.83. The van der Waals surface area contributed by atoms with Gasteiger partial charge in [-0.3, -0.25) is 4.57 Å². The Balaban J connectivity index is 1.57. The Morgan fingerprint density at radius 1 is 1.27 bits per heavy atom. The largest absolute Gasteiger partial charge is 0.493 e.